The van der Waals surface area contributed by atoms with Gasteiger partial charge in [-0.25, -0.2) is 0 Å². The Morgan fingerprint density at radius 1 is 1.19 bits per heavy atom. The molecule has 0 amide bonds. The molecule has 6 nitrogen and oxygen atoms in total. The van der Waals surface area contributed by atoms with Gasteiger partial charge in [0.2, 0.25) is 0 Å². The fourth-order valence-electron chi connectivity index (χ4n) is 1.65. The van der Waals surface area contributed by atoms with E-state index in [-0.39, 0.29) is 17.3 Å². The first-order valence-electron chi connectivity index (χ1n) is 5.65. The van der Waals surface area contributed by atoms with Gasteiger partial charge in [-0.2, -0.15) is 0 Å². The molecule has 0 atom stereocenters. The lowest BCUT2D eigenvalue weighted by Gasteiger charge is -2.12. The predicted molar refractivity (Wildman–Crippen MR) is 86.0 cm³/mol. The van der Waals surface area contributed by atoms with Gasteiger partial charge in [0.15, 0.2) is 0 Å². The molecule has 0 bridgehead atoms. The summed E-state index contributed by atoms with van der Waals surface area (Å²) in [5, 5.41) is 18.4. The van der Waals surface area contributed by atoms with Gasteiger partial charge >= 0.3 is 0 Å². The highest BCUT2D eigenvalue weighted by Gasteiger charge is 2.15. The number of rotatable bonds is 4. The predicted octanol–water partition coefficient (Wildman–Crippen LogP) is 4.20. The van der Waals surface area contributed by atoms with E-state index in [4.69, 9.17) is 15.9 Å². The maximum atomic E-state index is 10.8. The van der Waals surface area contributed by atoms with Crippen LogP contribution in [0, 0.1) is 15.5 Å². The lowest BCUT2D eigenvalue weighted by molar-refractivity contribution is -0.384. The van der Waals surface area contributed by atoms with E-state index in [9.17, 15) is 10.1 Å². The zero-order valence-electron chi connectivity index (χ0n) is 10.5. The number of hydrogen-bond acceptors (Lipinski definition) is 4. The minimum Gasteiger partial charge on any atom is -0.455 e. The summed E-state index contributed by atoms with van der Waals surface area (Å²) < 4.78 is 6.83. The fraction of sp³-hybridized carbons (Fsp3) is 0. The lowest BCUT2D eigenvalue weighted by atomic mass is 10.2. The van der Waals surface area contributed by atoms with Crippen LogP contribution in [-0.4, -0.2) is 10.8 Å². The van der Waals surface area contributed by atoms with Crippen molar-refractivity contribution in [1.82, 2.24) is 0 Å². The normalized spacial score (nSPS) is 10.2. The molecule has 0 saturated carbocycles. The highest BCUT2D eigenvalue weighted by molar-refractivity contribution is 9.10. The Morgan fingerprint density at radius 3 is 2.52 bits per heavy atom. The number of halogens is 2. The standard InChI is InChI=1S/C13H9Br2N3O3/c14-8-5-4-7(18(19)20)6-11(8)21-10-3-1-2-9(15)12(10)13(16)17/h1-6H,(H3,16,17). The third-order valence-electron chi connectivity index (χ3n) is 2.59. The van der Waals surface area contributed by atoms with Gasteiger partial charge < -0.3 is 10.5 Å². The van der Waals surface area contributed by atoms with Crippen molar-refractivity contribution in [2.45, 2.75) is 0 Å². The van der Waals surface area contributed by atoms with Crippen LogP contribution in [0.4, 0.5) is 5.69 Å². The molecule has 0 spiro atoms. The largest absolute Gasteiger partial charge is 0.455 e. The summed E-state index contributed by atoms with van der Waals surface area (Å²) in [5.41, 5.74) is 5.83. The number of benzene rings is 2. The third-order valence-corrected chi connectivity index (χ3v) is 3.91. The maximum Gasteiger partial charge on any atom is 0.273 e. The van der Waals surface area contributed by atoms with Gasteiger partial charge in [-0.15, -0.1) is 0 Å². The molecule has 0 aliphatic carbocycles. The van der Waals surface area contributed by atoms with Gasteiger partial charge in [0.25, 0.3) is 5.69 Å². The van der Waals surface area contributed by atoms with Gasteiger partial charge in [0.1, 0.15) is 17.3 Å². The molecule has 2 aromatic rings. The SMILES string of the molecule is N=C(N)c1c(Br)cccc1Oc1cc([N+](=O)[O-])ccc1Br. The average Bonchev–Trinajstić information content (AvgIpc) is 2.40. The second kappa shape index (κ2) is 6.23. The van der Waals surface area contributed by atoms with Crippen molar-refractivity contribution >= 4 is 43.4 Å². The molecule has 21 heavy (non-hydrogen) atoms. The molecular formula is C13H9Br2N3O3. The number of nitro benzene ring substituents is 1. The second-order valence-corrected chi connectivity index (χ2v) is 5.71. The number of nitro groups is 1. The molecule has 2 aromatic carbocycles. The molecule has 0 heterocycles. The Bertz CT molecular complexity index is 735. The van der Waals surface area contributed by atoms with E-state index in [1.54, 1.807) is 18.2 Å². The molecule has 0 unspecified atom stereocenters. The topological polar surface area (TPSA) is 102 Å². The zero-order chi connectivity index (χ0) is 15.6. The quantitative estimate of drug-likeness (QED) is 0.338. The number of nitrogen functional groups attached to an aromatic ring is 1. The van der Waals surface area contributed by atoms with Gasteiger partial charge in [-0.05, 0) is 50.1 Å². The van der Waals surface area contributed by atoms with Crippen LogP contribution >= 0.6 is 31.9 Å². The number of hydrogen-bond donors (Lipinski definition) is 2. The van der Waals surface area contributed by atoms with Crippen LogP contribution < -0.4 is 10.5 Å². The van der Waals surface area contributed by atoms with Gasteiger partial charge in [-0.3, -0.25) is 15.5 Å². The molecule has 8 heteroatoms. The molecular weight excluding hydrogens is 406 g/mol. The van der Waals surface area contributed by atoms with Crippen LogP contribution in [0.15, 0.2) is 45.3 Å². The van der Waals surface area contributed by atoms with E-state index in [0.29, 0.717) is 20.3 Å². The second-order valence-electron chi connectivity index (χ2n) is 4.00. The summed E-state index contributed by atoms with van der Waals surface area (Å²) in [5.74, 6) is 0.432. The molecule has 108 valence electrons. The van der Waals surface area contributed by atoms with Crippen molar-refractivity contribution in [3.63, 3.8) is 0 Å². The van der Waals surface area contributed by atoms with E-state index in [1.807, 2.05) is 0 Å². The van der Waals surface area contributed by atoms with Crippen molar-refractivity contribution in [2.75, 3.05) is 0 Å². The Kier molecular flexibility index (Phi) is 4.59. The summed E-state index contributed by atoms with van der Waals surface area (Å²) >= 11 is 6.57. The first kappa shape index (κ1) is 15.5. The minimum atomic E-state index is -0.508. The summed E-state index contributed by atoms with van der Waals surface area (Å²) in [6.45, 7) is 0. The van der Waals surface area contributed by atoms with Crippen LogP contribution in [-0.2, 0) is 0 Å². The van der Waals surface area contributed by atoms with Crippen molar-refractivity contribution in [3.05, 3.63) is 61.0 Å². The third kappa shape index (κ3) is 3.40. The lowest BCUT2D eigenvalue weighted by Crippen LogP contribution is -2.13. The highest BCUT2D eigenvalue weighted by Crippen LogP contribution is 2.36. The van der Waals surface area contributed by atoms with Crippen molar-refractivity contribution in [3.8, 4) is 11.5 Å². The first-order valence-corrected chi connectivity index (χ1v) is 7.23. The number of ether oxygens (including phenoxy) is 1. The van der Waals surface area contributed by atoms with Crippen molar-refractivity contribution in [1.29, 1.82) is 5.41 Å². The maximum absolute atomic E-state index is 10.8. The first-order chi connectivity index (χ1) is 9.90. The summed E-state index contributed by atoms with van der Waals surface area (Å²) in [7, 11) is 0. The smallest absolute Gasteiger partial charge is 0.273 e. The van der Waals surface area contributed by atoms with E-state index >= 15 is 0 Å². The highest BCUT2D eigenvalue weighted by atomic mass is 79.9. The van der Waals surface area contributed by atoms with Gasteiger partial charge in [-0.1, -0.05) is 6.07 Å². The van der Waals surface area contributed by atoms with E-state index < -0.39 is 4.92 Å². The summed E-state index contributed by atoms with van der Waals surface area (Å²) in [6.07, 6.45) is 0. The zero-order valence-corrected chi connectivity index (χ0v) is 13.6. The molecule has 0 aromatic heterocycles. The van der Waals surface area contributed by atoms with Gasteiger partial charge in [0, 0.05) is 10.5 Å². The van der Waals surface area contributed by atoms with Crippen LogP contribution in [0.1, 0.15) is 5.56 Å². The molecule has 2 rings (SSSR count). The Hall–Kier alpha value is -1.93. The number of nitrogens with one attached hydrogen (secondary N) is 1. The molecule has 0 aliphatic rings. The van der Waals surface area contributed by atoms with E-state index in [1.165, 1.54) is 18.2 Å². The number of nitrogens with two attached hydrogens (primary N) is 1. The molecule has 0 saturated heterocycles. The Labute approximate surface area is 136 Å². The Balaban J connectivity index is 2.48. The summed E-state index contributed by atoms with van der Waals surface area (Å²) in [4.78, 5) is 10.3. The molecule has 3 N–H and O–H groups in total. The number of nitrogens with zero attached hydrogens (tertiary/aromatic N) is 1. The minimum absolute atomic E-state index is 0.0902. The Morgan fingerprint density at radius 2 is 1.90 bits per heavy atom. The van der Waals surface area contributed by atoms with E-state index in [2.05, 4.69) is 31.9 Å². The van der Waals surface area contributed by atoms with Crippen molar-refractivity contribution in [2.24, 2.45) is 5.73 Å². The molecule has 0 aliphatic heterocycles. The van der Waals surface area contributed by atoms with Crippen LogP contribution in [0.5, 0.6) is 11.5 Å². The summed E-state index contributed by atoms with van der Waals surface area (Å²) in [6, 6.07) is 9.27. The molecule has 0 radical (unpaired) electrons. The fourth-order valence-corrected chi connectivity index (χ4v) is 2.54. The van der Waals surface area contributed by atoms with Crippen LogP contribution in [0.3, 0.4) is 0 Å². The van der Waals surface area contributed by atoms with Crippen molar-refractivity contribution < 1.29 is 9.66 Å². The number of amidine groups is 1. The van der Waals surface area contributed by atoms with Crippen LogP contribution in [0.25, 0.3) is 0 Å². The van der Waals surface area contributed by atoms with E-state index in [0.717, 1.165) is 0 Å². The van der Waals surface area contributed by atoms with Crippen LogP contribution in [0.2, 0.25) is 0 Å². The monoisotopic (exact) mass is 413 g/mol. The average molecular weight is 415 g/mol. The number of non-ortho nitro benzene ring substituents is 1. The molecule has 0 fully saturated rings. The van der Waals surface area contributed by atoms with Gasteiger partial charge in [0.05, 0.1) is 21.0 Å².